The van der Waals surface area contributed by atoms with E-state index in [0.717, 1.165) is 16.5 Å². The number of aromatic nitrogens is 4. The predicted octanol–water partition coefficient (Wildman–Crippen LogP) is 1.82. The van der Waals surface area contributed by atoms with E-state index in [1.54, 1.807) is 19.3 Å². The van der Waals surface area contributed by atoms with Crippen LogP contribution >= 0.6 is 0 Å². The lowest BCUT2D eigenvalue weighted by Gasteiger charge is -2.06. The minimum absolute atomic E-state index is 0.205. The Morgan fingerprint density at radius 1 is 1.32 bits per heavy atom. The maximum Gasteiger partial charge on any atom is 0.375 e. The van der Waals surface area contributed by atoms with Gasteiger partial charge >= 0.3 is 5.97 Å². The molecule has 0 bridgehead atoms. The molecule has 0 aliphatic rings. The van der Waals surface area contributed by atoms with Crippen LogP contribution in [0, 0.1) is 6.92 Å². The van der Waals surface area contributed by atoms with Gasteiger partial charge < -0.3 is 5.11 Å². The van der Waals surface area contributed by atoms with E-state index in [4.69, 9.17) is 5.11 Å². The van der Waals surface area contributed by atoms with Crippen molar-refractivity contribution in [3.63, 3.8) is 0 Å². The first kappa shape index (κ1) is 11.3. The summed E-state index contributed by atoms with van der Waals surface area (Å²) in [6, 6.07) is 7.55. The number of carboxylic acids is 1. The van der Waals surface area contributed by atoms with E-state index < -0.39 is 5.97 Å². The molecule has 2 aromatic heterocycles. The molecule has 19 heavy (non-hydrogen) atoms. The second kappa shape index (κ2) is 4.16. The minimum Gasteiger partial charge on any atom is -0.475 e. The van der Waals surface area contributed by atoms with E-state index in [-0.39, 0.29) is 5.82 Å². The Morgan fingerprint density at radius 2 is 2.16 bits per heavy atom. The van der Waals surface area contributed by atoms with Crippen LogP contribution in [0.1, 0.15) is 16.4 Å². The molecule has 6 nitrogen and oxygen atoms in total. The molecule has 0 saturated heterocycles. The lowest BCUT2D eigenvalue weighted by molar-refractivity contribution is 0.0683. The molecule has 0 saturated carbocycles. The highest BCUT2D eigenvalue weighted by Gasteiger charge is 2.14. The Labute approximate surface area is 108 Å². The van der Waals surface area contributed by atoms with E-state index in [1.165, 1.54) is 4.68 Å². The Kier molecular flexibility index (Phi) is 2.49. The van der Waals surface area contributed by atoms with Crippen molar-refractivity contribution in [1.82, 2.24) is 19.7 Å². The summed E-state index contributed by atoms with van der Waals surface area (Å²) in [5, 5.41) is 14.9. The van der Waals surface area contributed by atoms with Gasteiger partial charge in [-0.1, -0.05) is 12.1 Å². The number of fused-ring (bicyclic) bond motifs is 1. The quantitative estimate of drug-likeness (QED) is 0.754. The number of benzene rings is 1. The lowest BCUT2D eigenvalue weighted by atomic mass is 10.1. The van der Waals surface area contributed by atoms with E-state index in [1.807, 2.05) is 24.3 Å². The third-order valence-electron chi connectivity index (χ3n) is 2.85. The number of hydrogen-bond donors (Lipinski definition) is 1. The van der Waals surface area contributed by atoms with Crippen LogP contribution in [0.25, 0.3) is 16.5 Å². The molecular weight excluding hydrogens is 244 g/mol. The van der Waals surface area contributed by atoms with E-state index >= 15 is 0 Å². The van der Waals surface area contributed by atoms with Crippen LogP contribution in [0.5, 0.6) is 0 Å². The molecule has 0 fully saturated rings. The van der Waals surface area contributed by atoms with Crippen LogP contribution < -0.4 is 0 Å². The number of pyridine rings is 1. The fraction of sp³-hybridized carbons (Fsp3) is 0.0769. The first-order valence-electron chi connectivity index (χ1n) is 5.67. The number of carbonyl (C=O) groups is 1. The summed E-state index contributed by atoms with van der Waals surface area (Å²) >= 11 is 0. The third-order valence-corrected chi connectivity index (χ3v) is 2.85. The SMILES string of the molecule is Cc1nc(C(=O)O)nn1-c1cccc2cnccc12. The van der Waals surface area contributed by atoms with Gasteiger partial charge in [0.1, 0.15) is 5.82 Å². The van der Waals surface area contributed by atoms with Crippen LogP contribution in [0.4, 0.5) is 0 Å². The van der Waals surface area contributed by atoms with Gasteiger partial charge in [0.25, 0.3) is 5.82 Å². The largest absolute Gasteiger partial charge is 0.475 e. The predicted molar refractivity (Wildman–Crippen MR) is 68.4 cm³/mol. The maximum atomic E-state index is 10.9. The van der Waals surface area contributed by atoms with Gasteiger partial charge in [0.05, 0.1) is 5.69 Å². The van der Waals surface area contributed by atoms with Crippen LogP contribution in [-0.4, -0.2) is 30.8 Å². The topological polar surface area (TPSA) is 80.9 Å². The number of carboxylic acid groups (broad SMARTS) is 1. The molecule has 0 aliphatic heterocycles. The molecule has 2 heterocycles. The Morgan fingerprint density at radius 3 is 2.89 bits per heavy atom. The molecule has 0 spiro atoms. The highest BCUT2D eigenvalue weighted by molar-refractivity contribution is 5.89. The van der Waals surface area contributed by atoms with E-state index in [0.29, 0.717) is 5.82 Å². The fourth-order valence-corrected chi connectivity index (χ4v) is 2.00. The van der Waals surface area contributed by atoms with Gasteiger partial charge in [-0.05, 0) is 19.1 Å². The monoisotopic (exact) mass is 254 g/mol. The highest BCUT2D eigenvalue weighted by Crippen LogP contribution is 2.21. The number of hydrogen-bond acceptors (Lipinski definition) is 4. The molecule has 94 valence electrons. The van der Waals surface area contributed by atoms with Crippen molar-refractivity contribution in [2.75, 3.05) is 0 Å². The molecular formula is C13H10N4O2. The van der Waals surface area contributed by atoms with Gasteiger partial charge in [-0.2, -0.15) is 0 Å². The fourth-order valence-electron chi connectivity index (χ4n) is 2.00. The van der Waals surface area contributed by atoms with Crippen molar-refractivity contribution in [3.05, 3.63) is 48.3 Å². The molecule has 6 heteroatoms. The Hall–Kier alpha value is -2.76. The van der Waals surface area contributed by atoms with Gasteiger partial charge in [-0.3, -0.25) is 4.98 Å². The molecule has 3 rings (SSSR count). The Balaban J connectivity index is 2.27. The van der Waals surface area contributed by atoms with Gasteiger partial charge in [-0.15, -0.1) is 5.10 Å². The van der Waals surface area contributed by atoms with Crippen molar-refractivity contribution in [2.24, 2.45) is 0 Å². The second-order valence-corrected chi connectivity index (χ2v) is 4.07. The standard InChI is InChI=1S/C13H10N4O2/c1-8-15-12(13(18)19)16-17(8)11-4-2-3-9-7-14-6-5-10(9)11/h2-7H,1H3,(H,18,19). The summed E-state index contributed by atoms with van der Waals surface area (Å²) in [5.74, 6) is -0.811. The van der Waals surface area contributed by atoms with Crippen LogP contribution in [0.2, 0.25) is 0 Å². The van der Waals surface area contributed by atoms with Gasteiger partial charge in [0.2, 0.25) is 0 Å². The normalized spacial score (nSPS) is 10.8. The van der Waals surface area contributed by atoms with Crippen molar-refractivity contribution < 1.29 is 9.90 Å². The minimum atomic E-state index is -1.14. The summed E-state index contributed by atoms with van der Waals surface area (Å²) in [5.41, 5.74) is 0.789. The van der Waals surface area contributed by atoms with Crippen molar-refractivity contribution in [2.45, 2.75) is 6.92 Å². The average Bonchev–Trinajstić information content (AvgIpc) is 2.80. The molecule has 0 unspecified atom stereocenters. The summed E-state index contributed by atoms with van der Waals surface area (Å²) < 4.78 is 1.53. The number of aryl methyl sites for hydroxylation is 1. The zero-order valence-corrected chi connectivity index (χ0v) is 10.1. The van der Waals surface area contributed by atoms with Crippen LogP contribution in [0.3, 0.4) is 0 Å². The van der Waals surface area contributed by atoms with E-state index in [9.17, 15) is 4.79 Å². The molecule has 1 N–H and O–H groups in total. The zero-order chi connectivity index (χ0) is 13.4. The van der Waals surface area contributed by atoms with E-state index in [2.05, 4.69) is 15.1 Å². The lowest BCUT2D eigenvalue weighted by Crippen LogP contribution is -2.03. The third kappa shape index (κ3) is 1.83. The first-order valence-corrected chi connectivity index (χ1v) is 5.67. The molecule has 0 amide bonds. The first-order chi connectivity index (χ1) is 9.16. The number of rotatable bonds is 2. The second-order valence-electron chi connectivity index (χ2n) is 4.07. The van der Waals surface area contributed by atoms with Gasteiger partial charge in [0.15, 0.2) is 0 Å². The van der Waals surface area contributed by atoms with Crippen molar-refractivity contribution in [1.29, 1.82) is 0 Å². The summed E-state index contributed by atoms with van der Waals surface area (Å²) in [4.78, 5) is 18.9. The zero-order valence-electron chi connectivity index (χ0n) is 10.1. The molecule has 0 radical (unpaired) electrons. The maximum absolute atomic E-state index is 10.9. The summed E-state index contributed by atoms with van der Waals surface area (Å²) in [6.07, 6.45) is 3.44. The van der Waals surface area contributed by atoms with Crippen LogP contribution in [-0.2, 0) is 0 Å². The molecule has 0 atom stereocenters. The highest BCUT2D eigenvalue weighted by atomic mass is 16.4. The number of aromatic carboxylic acids is 1. The Bertz CT molecular complexity index is 774. The van der Waals surface area contributed by atoms with Crippen molar-refractivity contribution >= 4 is 16.7 Å². The smallest absolute Gasteiger partial charge is 0.375 e. The molecule has 1 aromatic carbocycles. The summed E-state index contributed by atoms with van der Waals surface area (Å²) in [7, 11) is 0. The van der Waals surface area contributed by atoms with Gasteiger partial charge in [0, 0.05) is 23.2 Å². The average molecular weight is 254 g/mol. The molecule has 0 aliphatic carbocycles. The van der Waals surface area contributed by atoms with Gasteiger partial charge in [-0.25, -0.2) is 14.5 Å². The van der Waals surface area contributed by atoms with Crippen LogP contribution in [0.15, 0.2) is 36.7 Å². The van der Waals surface area contributed by atoms with Crippen molar-refractivity contribution in [3.8, 4) is 5.69 Å². The molecule has 3 aromatic rings. The number of nitrogens with zero attached hydrogens (tertiary/aromatic N) is 4. The summed E-state index contributed by atoms with van der Waals surface area (Å²) in [6.45, 7) is 1.72.